The van der Waals surface area contributed by atoms with Gasteiger partial charge < -0.3 is 26.4 Å². The summed E-state index contributed by atoms with van der Waals surface area (Å²) in [6, 6.07) is 12.3. The Hall–Kier alpha value is -3.58. The molecule has 2 aliphatic rings. The van der Waals surface area contributed by atoms with E-state index in [-0.39, 0.29) is 17.9 Å². The number of hydrogen-bond acceptors (Lipinski definition) is 6. The highest BCUT2D eigenvalue weighted by atomic mass is 16.5. The molecule has 0 saturated heterocycles. The van der Waals surface area contributed by atoms with Crippen molar-refractivity contribution >= 4 is 17.4 Å². The van der Waals surface area contributed by atoms with E-state index < -0.39 is 6.04 Å². The van der Waals surface area contributed by atoms with Crippen LogP contribution in [0.25, 0.3) is 5.70 Å². The molecule has 1 aliphatic heterocycles. The Morgan fingerprint density at radius 2 is 2.03 bits per heavy atom. The van der Waals surface area contributed by atoms with Gasteiger partial charge in [0.05, 0.1) is 18.8 Å². The predicted molar refractivity (Wildman–Crippen MR) is 124 cm³/mol. The van der Waals surface area contributed by atoms with Crippen molar-refractivity contribution in [3.8, 4) is 5.75 Å². The van der Waals surface area contributed by atoms with Crippen LogP contribution in [0.1, 0.15) is 44.7 Å². The third kappa shape index (κ3) is 5.00. The number of benzene rings is 2. The van der Waals surface area contributed by atoms with Crippen LogP contribution in [0.4, 0.5) is 0 Å². The second-order valence-corrected chi connectivity index (χ2v) is 8.13. The minimum absolute atomic E-state index is 0.0152. The molecule has 1 heterocycles. The lowest BCUT2D eigenvalue weighted by molar-refractivity contribution is 0.0948. The second-order valence-electron chi connectivity index (χ2n) is 8.13. The van der Waals surface area contributed by atoms with Crippen LogP contribution < -0.4 is 26.4 Å². The van der Waals surface area contributed by atoms with E-state index in [1.807, 2.05) is 37.4 Å². The zero-order valence-electron chi connectivity index (χ0n) is 18.2. The first-order valence-electron chi connectivity index (χ1n) is 10.7. The summed E-state index contributed by atoms with van der Waals surface area (Å²) in [5.41, 5.74) is 10.1. The molecule has 7 nitrogen and oxygen atoms in total. The zero-order chi connectivity index (χ0) is 22.7. The fraction of sp³-hybridized carbons (Fsp3) is 0.280. The number of carbonyl (C=O) groups excluding carboxylic acids is 2. The fourth-order valence-corrected chi connectivity index (χ4v) is 3.56. The van der Waals surface area contributed by atoms with Crippen molar-refractivity contribution in [2.45, 2.75) is 38.0 Å². The maximum Gasteiger partial charge on any atom is 0.251 e. The second kappa shape index (κ2) is 9.28. The Bertz CT molecular complexity index is 1090. The van der Waals surface area contributed by atoms with Gasteiger partial charge in [0.15, 0.2) is 5.78 Å². The molecule has 166 valence electrons. The average molecular weight is 433 g/mol. The molecule has 1 amide bonds. The first-order chi connectivity index (χ1) is 15.4. The Balaban J connectivity index is 1.35. The van der Waals surface area contributed by atoms with E-state index >= 15 is 0 Å². The van der Waals surface area contributed by atoms with Crippen LogP contribution in [0, 0.1) is 6.92 Å². The van der Waals surface area contributed by atoms with Gasteiger partial charge >= 0.3 is 0 Å². The van der Waals surface area contributed by atoms with Gasteiger partial charge in [0, 0.05) is 23.4 Å². The normalized spacial score (nSPS) is 18.5. The summed E-state index contributed by atoms with van der Waals surface area (Å²) in [5.74, 6) is 0.423. The van der Waals surface area contributed by atoms with Gasteiger partial charge in [0.2, 0.25) is 0 Å². The fourth-order valence-electron chi connectivity index (χ4n) is 3.56. The van der Waals surface area contributed by atoms with Crippen molar-refractivity contribution in [2.75, 3.05) is 7.11 Å². The molecule has 1 aliphatic carbocycles. The highest BCUT2D eigenvalue weighted by Crippen LogP contribution is 2.22. The summed E-state index contributed by atoms with van der Waals surface area (Å²) in [6.07, 6.45) is 7.33. The van der Waals surface area contributed by atoms with Gasteiger partial charge in [0.25, 0.3) is 5.91 Å². The van der Waals surface area contributed by atoms with Crippen LogP contribution >= 0.6 is 0 Å². The number of ketones is 1. The van der Waals surface area contributed by atoms with Crippen LogP contribution in [0.15, 0.2) is 60.8 Å². The highest BCUT2D eigenvalue weighted by molar-refractivity contribution is 6.01. The molecule has 0 aromatic heterocycles. The largest absolute Gasteiger partial charge is 0.497 e. The van der Waals surface area contributed by atoms with Crippen LogP contribution in [-0.2, 0) is 0 Å². The molecular formula is C25H28N4O3. The molecule has 2 unspecified atom stereocenters. The first-order valence-corrected chi connectivity index (χ1v) is 10.7. The highest BCUT2D eigenvalue weighted by Gasteiger charge is 2.24. The van der Waals surface area contributed by atoms with Gasteiger partial charge in [-0.25, -0.2) is 0 Å². The summed E-state index contributed by atoms with van der Waals surface area (Å²) >= 11 is 0. The first kappa shape index (κ1) is 21.6. The smallest absolute Gasteiger partial charge is 0.251 e. The lowest BCUT2D eigenvalue weighted by Crippen LogP contribution is -2.32. The number of amides is 1. The van der Waals surface area contributed by atoms with Crippen molar-refractivity contribution in [2.24, 2.45) is 5.73 Å². The predicted octanol–water partition coefficient (Wildman–Crippen LogP) is 2.48. The Kier molecular flexibility index (Phi) is 6.28. The number of nitrogens with two attached hydrogens (primary N) is 1. The Labute approximate surface area is 187 Å². The number of aryl methyl sites for hydroxylation is 1. The average Bonchev–Trinajstić information content (AvgIpc) is 3.49. The maximum absolute atomic E-state index is 12.6. The summed E-state index contributed by atoms with van der Waals surface area (Å²) < 4.78 is 5.17. The molecule has 1 saturated carbocycles. The molecular weight excluding hydrogens is 404 g/mol. The third-order valence-corrected chi connectivity index (χ3v) is 5.58. The minimum atomic E-state index is -0.763. The minimum Gasteiger partial charge on any atom is -0.497 e. The van der Waals surface area contributed by atoms with Crippen molar-refractivity contribution < 1.29 is 14.3 Å². The number of Topliss-reactive ketones (excluding diaryl/α,β-unsaturated/α-hetero) is 1. The van der Waals surface area contributed by atoms with Crippen molar-refractivity contribution in [1.29, 1.82) is 0 Å². The van der Waals surface area contributed by atoms with E-state index in [9.17, 15) is 9.59 Å². The molecule has 5 N–H and O–H groups in total. The third-order valence-electron chi connectivity index (χ3n) is 5.58. The number of ether oxygens (including phenoxy) is 1. The van der Waals surface area contributed by atoms with Crippen molar-refractivity contribution in [3.63, 3.8) is 0 Å². The lowest BCUT2D eigenvalue weighted by Gasteiger charge is -2.13. The standard InChI is InChI=1S/C25H28N4O3/c1-15-12-16(6-9-20(15)25(31)28-18-7-8-18)22-14-27-23(29-22)11-10-21(26)24(30)17-4-3-5-19(13-17)32-2/h3-6,9-14,18,21,23,27,29H,7-8,26H2,1-2H3,(H,28,31)/b11-10-. The van der Waals surface area contributed by atoms with Crippen LogP contribution in [-0.4, -0.2) is 37.0 Å². The molecule has 2 aromatic carbocycles. The van der Waals surface area contributed by atoms with E-state index in [2.05, 4.69) is 16.0 Å². The molecule has 7 heteroatoms. The summed E-state index contributed by atoms with van der Waals surface area (Å²) in [5, 5.41) is 9.60. The maximum atomic E-state index is 12.6. The molecule has 0 bridgehead atoms. The van der Waals surface area contributed by atoms with Gasteiger partial charge in [0.1, 0.15) is 11.9 Å². The molecule has 2 atom stereocenters. The quantitative estimate of drug-likeness (QED) is 0.377. The van der Waals surface area contributed by atoms with Crippen molar-refractivity contribution in [1.82, 2.24) is 16.0 Å². The zero-order valence-corrected chi connectivity index (χ0v) is 18.2. The number of hydrogen-bond donors (Lipinski definition) is 4. The monoisotopic (exact) mass is 432 g/mol. The Morgan fingerprint density at radius 1 is 1.22 bits per heavy atom. The number of carbonyl (C=O) groups is 2. The lowest BCUT2D eigenvalue weighted by atomic mass is 10.0. The van der Waals surface area contributed by atoms with Gasteiger partial charge in [-0.3, -0.25) is 9.59 Å². The van der Waals surface area contributed by atoms with Crippen LogP contribution in [0.2, 0.25) is 0 Å². The number of nitrogens with one attached hydrogen (secondary N) is 3. The topological polar surface area (TPSA) is 105 Å². The van der Waals surface area contributed by atoms with Crippen LogP contribution in [0.5, 0.6) is 5.75 Å². The van der Waals surface area contributed by atoms with E-state index in [1.54, 1.807) is 37.5 Å². The molecule has 4 rings (SSSR count). The van der Waals surface area contributed by atoms with E-state index in [0.29, 0.717) is 22.9 Å². The molecule has 0 spiro atoms. The van der Waals surface area contributed by atoms with Crippen molar-refractivity contribution in [3.05, 3.63) is 83.1 Å². The number of rotatable bonds is 8. The number of methoxy groups -OCH3 is 1. The van der Waals surface area contributed by atoms with Gasteiger partial charge in [-0.2, -0.15) is 0 Å². The van der Waals surface area contributed by atoms with Crippen LogP contribution in [0.3, 0.4) is 0 Å². The molecule has 2 aromatic rings. The molecule has 1 fully saturated rings. The summed E-state index contributed by atoms with van der Waals surface area (Å²) in [6.45, 7) is 1.94. The summed E-state index contributed by atoms with van der Waals surface area (Å²) in [4.78, 5) is 24.9. The Morgan fingerprint density at radius 3 is 2.75 bits per heavy atom. The van der Waals surface area contributed by atoms with Gasteiger partial charge in [-0.1, -0.05) is 24.3 Å². The summed E-state index contributed by atoms with van der Waals surface area (Å²) in [7, 11) is 1.56. The molecule has 32 heavy (non-hydrogen) atoms. The van der Waals surface area contributed by atoms with Gasteiger partial charge in [-0.05, 0) is 61.2 Å². The SMILES string of the molecule is COc1cccc(C(=O)C(N)/C=C\C2NC=C(c3ccc(C(=O)NC4CC4)c(C)c3)N2)c1. The molecule has 0 radical (unpaired) electrons. The van der Waals surface area contributed by atoms with Gasteiger partial charge in [-0.15, -0.1) is 0 Å². The van der Waals surface area contributed by atoms with E-state index in [0.717, 1.165) is 29.7 Å². The van der Waals surface area contributed by atoms with E-state index in [4.69, 9.17) is 10.5 Å². The van der Waals surface area contributed by atoms with E-state index in [1.165, 1.54) is 0 Å².